The molecule has 0 unspecified atom stereocenters. The summed E-state index contributed by atoms with van der Waals surface area (Å²) in [6.45, 7) is 4.89. The average Bonchev–Trinajstić information content (AvgIpc) is 3.75. The highest BCUT2D eigenvalue weighted by Crippen LogP contribution is 2.32. The minimum absolute atomic E-state index is 0.0342. The van der Waals surface area contributed by atoms with Crippen molar-refractivity contribution >= 4 is 46.7 Å². The van der Waals surface area contributed by atoms with Gasteiger partial charge in [-0.2, -0.15) is 5.10 Å². The van der Waals surface area contributed by atoms with E-state index in [2.05, 4.69) is 35.5 Å². The van der Waals surface area contributed by atoms with E-state index in [0.717, 1.165) is 43.6 Å². The molecule has 1 aromatic carbocycles. The molecule has 5 rings (SSSR count). The van der Waals surface area contributed by atoms with Crippen molar-refractivity contribution in [2.75, 3.05) is 43.9 Å². The first-order chi connectivity index (χ1) is 22.2. The Kier molecular flexibility index (Phi) is 11.1. The van der Waals surface area contributed by atoms with Gasteiger partial charge in [-0.25, -0.2) is 9.07 Å². The summed E-state index contributed by atoms with van der Waals surface area (Å²) in [6, 6.07) is 5.01. The zero-order chi connectivity index (χ0) is 32.6. The van der Waals surface area contributed by atoms with Crippen LogP contribution in [0.4, 0.5) is 15.9 Å². The van der Waals surface area contributed by atoms with Gasteiger partial charge < -0.3 is 25.8 Å². The van der Waals surface area contributed by atoms with Gasteiger partial charge in [0.25, 0.3) is 5.91 Å². The Bertz CT molecular complexity index is 1520. The summed E-state index contributed by atoms with van der Waals surface area (Å²) in [7, 11) is 1.98. The van der Waals surface area contributed by atoms with Crippen LogP contribution in [0, 0.1) is 17.7 Å². The van der Waals surface area contributed by atoms with Gasteiger partial charge in [0.15, 0.2) is 0 Å². The third kappa shape index (κ3) is 8.12. The predicted octanol–water partition coefficient (Wildman–Crippen LogP) is 2.78. The molecule has 1 saturated heterocycles. The van der Waals surface area contributed by atoms with E-state index in [0.29, 0.717) is 44.1 Å². The molecular formula is C31H40FN9O4S. The number of nitrogens with zero attached hydrogens (tertiary/aromatic N) is 6. The number of carbonyl (C=O) groups is 4. The Morgan fingerprint density at radius 2 is 1.76 bits per heavy atom. The lowest BCUT2D eigenvalue weighted by Gasteiger charge is -2.34. The second kappa shape index (κ2) is 15.4. The van der Waals surface area contributed by atoms with Crippen LogP contribution >= 0.6 is 11.5 Å². The number of aryl methyl sites for hydroxylation is 1. The number of rotatable bonds is 11. The van der Waals surface area contributed by atoms with Crippen LogP contribution in [-0.4, -0.2) is 92.1 Å². The molecule has 2 aromatic heterocycles. The van der Waals surface area contributed by atoms with E-state index in [9.17, 15) is 19.2 Å². The SMILES string of the molecule is CCn1nccc1NC(=O)[C@H](C(=O)Nc1ccc(C[C@@H](NC(=O)c2cnns2)C(=O)N2CCN(C)CC2)cc1F)C1CCCCC1. The number of piperazine rings is 1. The van der Waals surface area contributed by atoms with E-state index in [1.807, 2.05) is 14.0 Å². The number of carbonyl (C=O) groups excluding carboxylic acids is 4. The van der Waals surface area contributed by atoms with Crippen LogP contribution < -0.4 is 16.0 Å². The van der Waals surface area contributed by atoms with Gasteiger partial charge in [0, 0.05) is 45.2 Å². The maximum atomic E-state index is 15.5. The third-order valence-electron chi connectivity index (χ3n) is 8.69. The third-order valence-corrected chi connectivity index (χ3v) is 9.35. The van der Waals surface area contributed by atoms with Crippen LogP contribution in [0.15, 0.2) is 36.7 Å². The monoisotopic (exact) mass is 653 g/mol. The van der Waals surface area contributed by atoms with Gasteiger partial charge in [0.2, 0.25) is 17.7 Å². The molecule has 3 aromatic rings. The van der Waals surface area contributed by atoms with Crippen molar-refractivity contribution in [3.8, 4) is 0 Å². The molecule has 3 heterocycles. The summed E-state index contributed by atoms with van der Waals surface area (Å²) in [6.07, 6.45) is 7.28. The van der Waals surface area contributed by atoms with E-state index in [-0.39, 0.29) is 28.8 Å². The fraction of sp³-hybridized carbons (Fsp3) is 0.516. The van der Waals surface area contributed by atoms with Crippen molar-refractivity contribution < 1.29 is 23.6 Å². The van der Waals surface area contributed by atoms with Crippen LogP contribution in [0.2, 0.25) is 0 Å². The Labute approximate surface area is 271 Å². The Hall–Kier alpha value is -4.24. The van der Waals surface area contributed by atoms with E-state index in [1.54, 1.807) is 27.9 Å². The molecule has 0 radical (unpaired) electrons. The molecule has 15 heteroatoms. The summed E-state index contributed by atoms with van der Waals surface area (Å²) >= 11 is 0.916. The van der Waals surface area contributed by atoms with Crippen molar-refractivity contribution in [2.24, 2.45) is 11.8 Å². The van der Waals surface area contributed by atoms with Gasteiger partial charge in [0.1, 0.15) is 28.5 Å². The highest BCUT2D eigenvalue weighted by molar-refractivity contribution is 7.07. The number of aromatic nitrogens is 4. The minimum atomic E-state index is -1.01. The average molecular weight is 654 g/mol. The number of hydrogen-bond donors (Lipinski definition) is 3. The van der Waals surface area contributed by atoms with E-state index < -0.39 is 35.5 Å². The lowest BCUT2D eigenvalue weighted by Crippen LogP contribution is -2.54. The molecule has 0 spiro atoms. The van der Waals surface area contributed by atoms with Crippen molar-refractivity contribution in [1.29, 1.82) is 0 Å². The zero-order valence-electron chi connectivity index (χ0n) is 26.1. The number of anilines is 2. The highest BCUT2D eigenvalue weighted by atomic mass is 32.1. The molecule has 46 heavy (non-hydrogen) atoms. The standard InChI is InChI=1S/C31H40FN9O4S/c1-3-41-26(11-12-34-41)37-30(44)27(21-7-5-4-6-8-21)29(43)35-23-10-9-20(17-22(23)32)18-24(36-28(42)25-19-33-38-46-25)31(45)40-15-13-39(2)14-16-40/h9-12,17,19,21,24,27H,3-8,13-16,18H2,1-2H3,(H,35,43)(H,36,42)(H,37,44)/t24-,27+/m1/s1. The molecule has 13 nitrogen and oxygen atoms in total. The largest absolute Gasteiger partial charge is 0.339 e. The number of amides is 4. The number of hydrogen-bond acceptors (Lipinski definition) is 9. The number of benzene rings is 1. The van der Waals surface area contributed by atoms with Crippen molar-refractivity contribution in [1.82, 2.24) is 34.5 Å². The van der Waals surface area contributed by atoms with Crippen LogP contribution in [0.3, 0.4) is 0 Å². The fourth-order valence-electron chi connectivity index (χ4n) is 6.09. The molecule has 3 N–H and O–H groups in total. The summed E-state index contributed by atoms with van der Waals surface area (Å²) in [4.78, 5) is 57.5. The predicted molar refractivity (Wildman–Crippen MR) is 171 cm³/mol. The minimum Gasteiger partial charge on any atom is -0.339 e. The Balaban J connectivity index is 1.31. The highest BCUT2D eigenvalue weighted by Gasteiger charge is 2.36. The van der Waals surface area contributed by atoms with Crippen LogP contribution in [-0.2, 0) is 27.3 Å². The smallest absolute Gasteiger partial charge is 0.265 e. The van der Waals surface area contributed by atoms with Crippen LogP contribution in [0.5, 0.6) is 0 Å². The van der Waals surface area contributed by atoms with E-state index in [1.165, 1.54) is 18.3 Å². The lowest BCUT2D eigenvalue weighted by molar-refractivity contribution is -0.135. The first-order valence-corrected chi connectivity index (χ1v) is 16.5. The molecule has 1 aliphatic heterocycles. The van der Waals surface area contributed by atoms with Crippen LogP contribution in [0.1, 0.15) is 54.3 Å². The summed E-state index contributed by atoms with van der Waals surface area (Å²) in [5.41, 5.74) is 0.391. The molecule has 2 fully saturated rings. The first-order valence-electron chi connectivity index (χ1n) is 15.7. The van der Waals surface area contributed by atoms with Crippen molar-refractivity contribution in [3.63, 3.8) is 0 Å². The van der Waals surface area contributed by atoms with E-state index in [4.69, 9.17) is 0 Å². The Morgan fingerprint density at radius 3 is 2.43 bits per heavy atom. The first kappa shape index (κ1) is 33.1. The maximum Gasteiger partial charge on any atom is 0.265 e. The normalized spacial score (nSPS) is 17.2. The molecule has 246 valence electrons. The van der Waals surface area contributed by atoms with Gasteiger partial charge in [-0.3, -0.25) is 19.2 Å². The van der Waals surface area contributed by atoms with Crippen molar-refractivity contribution in [2.45, 2.75) is 58.0 Å². The number of likely N-dealkylation sites (N-methyl/N-ethyl adjacent to an activating group) is 1. The molecule has 1 aliphatic carbocycles. The molecule has 1 saturated carbocycles. The zero-order valence-corrected chi connectivity index (χ0v) is 26.9. The van der Waals surface area contributed by atoms with Gasteiger partial charge in [0.05, 0.1) is 18.1 Å². The van der Waals surface area contributed by atoms with E-state index >= 15 is 4.39 Å². The fourth-order valence-corrected chi connectivity index (χ4v) is 6.50. The number of halogens is 1. The van der Waals surface area contributed by atoms with Gasteiger partial charge in [-0.1, -0.05) is 29.8 Å². The maximum absolute atomic E-state index is 15.5. The van der Waals surface area contributed by atoms with Gasteiger partial charge in [-0.05, 0) is 62.0 Å². The quantitative estimate of drug-likeness (QED) is 0.267. The topological polar surface area (TPSA) is 154 Å². The number of nitrogens with one attached hydrogen (secondary N) is 3. The second-order valence-electron chi connectivity index (χ2n) is 11.8. The molecule has 2 aliphatic rings. The molecule has 4 amide bonds. The summed E-state index contributed by atoms with van der Waals surface area (Å²) in [5, 5.41) is 16.1. The second-order valence-corrected chi connectivity index (χ2v) is 12.6. The van der Waals surface area contributed by atoms with Gasteiger partial charge in [-0.15, -0.1) is 5.10 Å². The summed E-state index contributed by atoms with van der Waals surface area (Å²) in [5.74, 6) is -3.17. The van der Waals surface area contributed by atoms with Gasteiger partial charge >= 0.3 is 0 Å². The molecule has 2 atom stereocenters. The summed E-state index contributed by atoms with van der Waals surface area (Å²) < 4.78 is 20.9. The molecule has 0 bridgehead atoms. The molecular weight excluding hydrogens is 613 g/mol. The van der Waals surface area contributed by atoms with Crippen LogP contribution in [0.25, 0.3) is 0 Å². The Morgan fingerprint density at radius 1 is 1.02 bits per heavy atom. The van der Waals surface area contributed by atoms with Crippen molar-refractivity contribution in [3.05, 3.63) is 52.9 Å². The lowest BCUT2D eigenvalue weighted by atomic mass is 9.79.